The molecule has 2 aromatic heterocycles. The quantitative estimate of drug-likeness (QED) is 0.647. The Kier molecular flexibility index (Phi) is 4.31. The Labute approximate surface area is 102 Å². The molecule has 2 rings (SSSR count). The van der Waals surface area contributed by atoms with Crippen LogP contribution in [0.4, 0.5) is 0 Å². The highest BCUT2D eigenvalue weighted by Crippen LogP contribution is 2.22. The summed E-state index contributed by atoms with van der Waals surface area (Å²) in [5, 5.41) is 8.54. The standard InChI is InChI=1S/C12H12N2.C2H3N/c1-4-5-10-8-14(3)11-7-13-6-9(2)12(10)11;1-2-3/h6-8H,1-3H3;1H3. The molecule has 0 saturated carbocycles. The highest BCUT2D eigenvalue weighted by molar-refractivity contribution is 5.88. The second kappa shape index (κ2) is 5.72. The highest BCUT2D eigenvalue weighted by atomic mass is 14.9. The summed E-state index contributed by atoms with van der Waals surface area (Å²) < 4.78 is 2.06. The van der Waals surface area contributed by atoms with Crippen LogP contribution in [0.2, 0.25) is 0 Å². The molecule has 0 atom stereocenters. The van der Waals surface area contributed by atoms with Gasteiger partial charge >= 0.3 is 0 Å². The maximum Gasteiger partial charge on any atom is 0.0679 e. The third kappa shape index (κ3) is 2.65. The van der Waals surface area contributed by atoms with E-state index in [1.165, 1.54) is 17.9 Å². The normalized spacial score (nSPS) is 8.65. The number of hydrogen-bond donors (Lipinski definition) is 0. The van der Waals surface area contributed by atoms with Crippen molar-refractivity contribution in [1.29, 1.82) is 5.26 Å². The van der Waals surface area contributed by atoms with Gasteiger partial charge in [-0.1, -0.05) is 5.92 Å². The van der Waals surface area contributed by atoms with Gasteiger partial charge in [-0.05, 0) is 19.4 Å². The molecule has 0 aliphatic carbocycles. The summed E-state index contributed by atoms with van der Waals surface area (Å²) >= 11 is 0. The van der Waals surface area contributed by atoms with E-state index in [9.17, 15) is 0 Å². The van der Waals surface area contributed by atoms with Gasteiger partial charge in [-0.15, -0.1) is 5.92 Å². The van der Waals surface area contributed by atoms with Gasteiger partial charge < -0.3 is 4.57 Å². The van der Waals surface area contributed by atoms with Crippen LogP contribution in [0.5, 0.6) is 0 Å². The smallest absolute Gasteiger partial charge is 0.0679 e. The lowest BCUT2D eigenvalue weighted by Gasteiger charge is -1.96. The van der Waals surface area contributed by atoms with Crippen LogP contribution in [0.15, 0.2) is 18.6 Å². The first-order valence-electron chi connectivity index (χ1n) is 5.29. The fourth-order valence-electron chi connectivity index (χ4n) is 1.73. The molecule has 0 saturated heterocycles. The van der Waals surface area contributed by atoms with Crippen LogP contribution >= 0.6 is 0 Å². The molecule has 3 heteroatoms. The van der Waals surface area contributed by atoms with Crippen molar-refractivity contribution in [2.24, 2.45) is 7.05 Å². The predicted molar refractivity (Wildman–Crippen MR) is 69.3 cm³/mol. The zero-order valence-electron chi connectivity index (χ0n) is 10.6. The topological polar surface area (TPSA) is 41.6 Å². The van der Waals surface area contributed by atoms with Crippen LogP contribution < -0.4 is 0 Å². The molecule has 0 radical (unpaired) electrons. The summed E-state index contributed by atoms with van der Waals surface area (Å²) in [4.78, 5) is 4.18. The third-order valence-electron chi connectivity index (χ3n) is 2.35. The SMILES string of the molecule is CC#Cc1cn(C)c2cncc(C)c12.CC#N. The fraction of sp³-hybridized carbons (Fsp3) is 0.286. The van der Waals surface area contributed by atoms with Gasteiger partial charge in [0, 0.05) is 31.8 Å². The van der Waals surface area contributed by atoms with Crippen molar-refractivity contribution in [2.45, 2.75) is 20.8 Å². The van der Waals surface area contributed by atoms with Crippen molar-refractivity contribution in [3.8, 4) is 17.9 Å². The molecule has 0 bridgehead atoms. The van der Waals surface area contributed by atoms with E-state index < -0.39 is 0 Å². The van der Waals surface area contributed by atoms with Crippen molar-refractivity contribution in [1.82, 2.24) is 9.55 Å². The van der Waals surface area contributed by atoms with Crippen molar-refractivity contribution < 1.29 is 0 Å². The number of aryl methyl sites for hydroxylation is 2. The van der Waals surface area contributed by atoms with Crippen molar-refractivity contribution in [3.05, 3.63) is 29.7 Å². The van der Waals surface area contributed by atoms with Gasteiger partial charge in [-0.25, -0.2) is 0 Å². The Bertz CT molecular complexity index is 618. The van der Waals surface area contributed by atoms with Crippen LogP contribution in [0.25, 0.3) is 10.9 Å². The van der Waals surface area contributed by atoms with E-state index in [0.717, 1.165) is 11.1 Å². The Balaban J connectivity index is 0.000000437. The van der Waals surface area contributed by atoms with Crippen LogP contribution in [0, 0.1) is 30.1 Å². The van der Waals surface area contributed by atoms with Gasteiger partial charge in [0.25, 0.3) is 0 Å². The summed E-state index contributed by atoms with van der Waals surface area (Å²) in [5.74, 6) is 6.05. The highest BCUT2D eigenvalue weighted by Gasteiger charge is 2.06. The van der Waals surface area contributed by atoms with E-state index in [2.05, 4.69) is 34.5 Å². The Morgan fingerprint density at radius 1 is 1.29 bits per heavy atom. The van der Waals surface area contributed by atoms with Crippen molar-refractivity contribution in [3.63, 3.8) is 0 Å². The average molecular weight is 225 g/mol. The number of fused-ring (bicyclic) bond motifs is 1. The maximum absolute atomic E-state index is 7.32. The number of aromatic nitrogens is 2. The van der Waals surface area contributed by atoms with E-state index in [0.29, 0.717) is 0 Å². The molecule has 0 spiro atoms. The molecule has 0 N–H and O–H groups in total. The second-order valence-electron chi connectivity index (χ2n) is 3.60. The van der Waals surface area contributed by atoms with Gasteiger partial charge in [0.15, 0.2) is 0 Å². The number of pyridine rings is 1. The summed E-state index contributed by atoms with van der Waals surface area (Å²) in [6.07, 6.45) is 5.81. The average Bonchev–Trinajstić information content (AvgIpc) is 2.59. The Morgan fingerprint density at radius 3 is 2.53 bits per heavy atom. The zero-order valence-corrected chi connectivity index (χ0v) is 10.6. The van der Waals surface area contributed by atoms with E-state index >= 15 is 0 Å². The molecular weight excluding hydrogens is 210 g/mol. The molecule has 0 unspecified atom stereocenters. The third-order valence-corrected chi connectivity index (χ3v) is 2.35. The van der Waals surface area contributed by atoms with Crippen LogP contribution in [0.1, 0.15) is 25.0 Å². The first-order chi connectivity index (χ1) is 8.15. The maximum atomic E-state index is 7.32. The molecular formula is C14H15N3. The molecule has 2 heterocycles. The van der Waals surface area contributed by atoms with Gasteiger partial charge in [0.2, 0.25) is 0 Å². The van der Waals surface area contributed by atoms with Crippen molar-refractivity contribution in [2.75, 3.05) is 0 Å². The molecule has 0 amide bonds. The van der Waals surface area contributed by atoms with Gasteiger partial charge in [-0.2, -0.15) is 5.26 Å². The molecule has 3 nitrogen and oxygen atoms in total. The first-order valence-corrected chi connectivity index (χ1v) is 5.29. The Morgan fingerprint density at radius 2 is 1.94 bits per heavy atom. The van der Waals surface area contributed by atoms with Crippen LogP contribution in [0.3, 0.4) is 0 Å². The molecule has 2 aromatic rings. The lowest BCUT2D eigenvalue weighted by molar-refractivity contribution is 0.963. The Hall–Kier alpha value is -2.26. The van der Waals surface area contributed by atoms with E-state index in [4.69, 9.17) is 5.26 Å². The van der Waals surface area contributed by atoms with E-state index in [1.54, 1.807) is 6.07 Å². The predicted octanol–water partition coefficient (Wildman–Crippen LogP) is 2.78. The van der Waals surface area contributed by atoms with E-state index in [1.807, 2.05) is 26.4 Å². The minimum Gasteiger partial charge on any atom is -0.348 e. The van der Waals surface area contributed by atoms with Crippen molar-refractivity contribution >= 4 is 10.9 Å². The lowest BCUT2D eigenvalue weighted by Crippen LogP contribution is -1.85. The largest absolute Gasteiger partial charge is 0.348 e. The minimum absolute atomic E-state index is 1.09. The summed E-state index contributed by atoms with van der Waals surface area (Å²) in [6.45, 7) is 5.35. The number of nitrogens with zero attached hydrogens (tertiary/aromatic N) is 3. The summed E-state index contributed by atoms with van der Waals surface area (Å²) in [6, 6.07) is 1.75. The number of hydrogen-bond acceptors (Lipinski definition) is 2. The molecule has 17 heavy (non-hydrogen) atoms. The van der Waals surface area contributed by atoms with E-state index in [-0.39, 0.29) is 0 Å². The van der Waals surface area contributed by atoms with Crippen LogP contribution in [-0.4, -0.2) is 9.55 Å². The monoisotopic (exact) mass is 225 g/mol. The second-order valence-corrected chi connectivity index (χ2v) is 3.60. The van der Waals surface area contributed by atoms with Gasteiger partial charge in [0.1, 0.15) is 0 Å². The molecule has 86 valence electrons. The molecule has 0 aromatic carbocycles. The zero-order chi connectivity index (χ0) is 12.8. The summed E-state index contributed by atoms with van der Waals surface area (Å²) in [5.41, 5.74) is 3.41. The van der Waals surface area contributed by atoms with Crippen LogP contribution in [-0.2, 0) is 7.05 Å². The fourth-order valence-corrected chi connectivity index (χ4v) is 1.73. The molecule has 0 aliphatic heterocycles. The lowest BCUT2D eigenvalue weighted by atomic mass is 10.1. The molecule has 0 aliphatic rings. The number of nitriles is 1. The minimum atomic E-state index is 1.09. The van der Waals surface area contributed by atoms with Gasteiger partial charge in [-0.3, -0.25) is 4.98 Å². The number of rotatable bonds is 0. The summed E-state index contributed by atoms with van der Waals surface area (Å²) in [7, 11) is 2.02. The molecule has 0 fully saturated rings. The van der Waals surface area contributed by atoms with Gasteiger partial charge in [0.05, 0.1) is 23.3 Å². The first kappa shape index (κ1) is 12.8.